The molecular formula is C20H22ClNO5. The highest BCUT2D eigenvalue weighted by atomic mass is 35.5. The smallest absolute Gasteiger partial charge is 0.339 e. The van der Waals surface area contributed by atoms with E-state index >= 15 is 0 Å². The number of hydrogen-bond donors (Lipinski definition) is 2. The first-order valence-corrected chi connectivity index (χ1v) is 8.94. The molecule has 0 spiro atoms. The Hall–Kier alpha value is -2.73. The van der Waals surface area contributed by atoms with Crippen molar-refractivity contribution < 1.29 is 24.2 Å². The van der Waals surface area contributed by atoms with Crippen LogP contribution in [0.3, 0.4) is 0 Å². The molecule has 7 heteroatoms. The minimum atomic E-state index is -1.05. The van der Waals surface area contributed by atoms with Crippen molar-refractivity contribution in [3.63, 3.8) is 0 Å². The second kappa shape index (κ2) is 9.83. The average Bonchev–Trinajstić information content (AvgIpc) is 2.66. The van der Waals surface area contributed by atoms with Gasteiger partial charge < -0.3 is 19.9 Å². The molecule has 0 aromatic heterocycles. The van der Waals surface area contributed by atoms with Gasteiger partial charge in [-0.25, -0.2) is 4.79 Å². The first-order valence-electron chi connectivity index (χ1n) is 8.57. The maximum absolute atomic E-state index is 12.5. The van der Waals surface area contributed by atoms with E-state index in [1.54, 1.807) is 30.3 Å². The van der Waals surface area contributed by atoms with Crippen LogP contribution in [0.2, 0.25) is 5.02 Å². The first-order chi connectivity index (χ1) is 13.0. The summed E-state index contributed by atoms with van der Waals surface area (Å²) in [7, 11) is 1.42. The maximum Gasteiger partial charge on any atom is 0.339 e. The SMILES string of the molecule is CCCOc1ccc(Cl)cc1C(=O)NCCc1ccc(C(=O)O)c(OC)c1. The van der Waals surface area contributed by atoms with Gasteiger partial charge in [-0.2, -0.15) is 0 Å². The Kier molecular flexibility index (Phi) is 7.49. The topological polar surface area (TPSA) is 84.9 Å². The molecule has 6 nitrogen and oxygen atoms in total. The van der Waals surface area contributed by atoms with Crippen LogP contribution in [-0.2, 0) is 6.42 Å². The number of nitrogens with one attached hydrogen (secondary N) is 1. The van der Waals surface area contributed by atoms with Gasteiger partial charge in [-0.1, -0.05) is 24.6 Å². The number of carbonyl (C=O) groups is 2. The molecule has 144 valence electrons. The van der Waals surface area contributed by atoms with Gasteiger partial charge in [0.15, 0.2) is 0 Å². The van der Waals surface area contributed by atoms with Crippen LogP contribution in [0, 0.1) is 0 Å². The molecule has 0 fully saturated rings. The molecule has 1 amide bonds. The van der Waals surface area contributed by atoms with Gasteiger partial charge in [-0.3, -0.25) is 4.79 Å². The Morgan fingerprint density at radius 2 is 1.89 bits per heavy atom. The zero-order valence-corrected chi connectivity index (χ0v) is 16.0. The molecule has 2 aromatic carbocycles. The fourth-order valence-corrected chi connectivity index (χ4v) is 2.67. The van der Waals surface area contributed by atoms with Gasteiger partial charge in [0.1, 0.15) is 17.1 Å². The molecular weight excluding hydrogens is 370 g/mol. The molecule has 0 saturated heterocycles. The monoisotopic (exact) mass is 391 g/mol. The number of aromatic carboxylic acids is 1. The van der Waals surface area contributed by atoms with Gasteiger partial charge >= 0.3 is 5.97 Å². The summed E-state index contributed by atoms with van der Waals surface area (Å²) >= 11 is 6.00. The number of amides is 1. The second-order valence-electron chi connectivity index (χ2n) is 5.83. The molecule has 2 N–H and O–H groups in total. The molecule has 27 heavy (non-hydrogen) atoms. The average molecular weight is 392 g/mol. The summed E-state index contributed by atoms with van der Waals surface area (Å²) in [6, 6.07) is 9.79. The number of halogens is 1. The van der Waals surface area contributed by atoms with E-state index in [0.29, 0.717) is 35.9 Å². The number of hydrogen-bond acceptors (Lipinski definition) is 4. The van der Waals surface area contributed by atoms with Crippen molar-refractivity contribution in [2.75, 3.05) is 20.3 Å². The lowest BCUT2D eigenvalue weighted by Crippen LogP contribution is -2.26. The largest absolute Gasteiger partial charge is 0.496 e. The van der Waals surface area contributed by atoms with Crippen molar-refractivity contribution in [3.8, 4) is 11.5 Å². The van der Waals surface area contributed by atoms with Crippen LogP contribution in [0.5, 0.6) is 11.5 Å². The van der Waals surface area contributed by atoms with E-state index < -0.39 is 5.97 Å². The van der Waals surface area contributed by atoms with Crippen LogP contribution in [-0.4, -0.2) is 37.2 Å². The van der Waals surface area contributed by atoms with E-state index in [0.717, 1.165) is 12.0 Å². The number of carboxylic acid groups (broad SMARTS) is 1. The minimum Gasteiger partial charge on any atom is -0.496 e. The molecule has 0 unspecified atom stereocenters. The summed E-state index contributed by atoms with van der Waals surface area (Å²) in [6.07, 6.45) is 1.35. The van der Waals surface area contributed by atoms with Crippen molar-refractivity contribution in [1.82, 2.24) is 5.32 Å². The summed E-state index contributed by atoms with van der Waals surface area (Å²) in [5, 5.41) is 12.4. The summed E-state index contributed by atoms with van der Waals surface area (Å²) in [5.41, 5.74) is 1.34. The number of methoxy groups -OCH3 is 1. The Balaban J connectivity index is 2.02. The Labute approximate surface area is 163 Å². The second-order valence-corrected chi connectivity index (χ2v) is 6.27. The standard InChI is InChI=1S/C20H22ClNO5/c1-3-10-27-17-7-5-14(21)12-16(17)19(23)22-9-8-13-4-6-15(20(24)25)18(11-13)26-2/h4-7,11-12H,3,8-10H2,1-2H3,(H,22,23)(H,24,25). The fraction of sp³-hybridized carbons (Fsp3) is 0.300. The summed E-state index contributed by atoms with van der Waals surface area (Å²) < 4.78 is 10.7. The molecule has 0 aliphatic heterocycles. The third-order valence-corrected chi connectivity index (χ3v) is 4.08. The number of carboxylic acids is 1. The molecule has 0 aliphatic rings. The van der Waals surface area contributed by atoms with Crippen LogP contribution in [0.25, 0.3) is 0 Å². The van der Waals surface area contributed by atoms with E-state index in [4.69, 9.17) is 26.2 Å². The van der Waals surface area contributed by atoms with Crippen molar-refractivity contribution in [2.45, 2.75) is 19.8 Å². The van der Waals surface area contributed by atoms with E-state index in [1.807, 2.05) is 6.92 Å². The van der Waals surface area contributed by atoms with E-state index in [1.165, 1.54) is 13.2 Å². The Morgan fingerprint density at radius 3 is 2.56 bits per heavy atom. The van der Waals surface area contributed by atoms with Crippen molar-refractivity contribution >= 4 is 23.5 Å². The molecule has 0 heterocycles. The molecule has 0 bridgehead atoms. The van der Waals surface area contributed by atoms with Gasteiger partial charge in [0.25, 0.3) is 5.91 Å². The quantitative estimate of drug-likeness (QED) is 0.679. The highest BCUT2D eigenvalue weighted by Gasteiger charge is 2.14. The lowest BCUT2D eigenvalue weighted by molar-refractivity contribution is 0.0693. The minimum absolute atomic E-state index is 0.0990. The van der Waals surface area contributed by atoms with Gasteiger partial charge in [-0.05, 0) is 48.7 Å². The highest BCUT2D eigenvalue weighted by Crippen LogP contribution is 2.23. The third kappa shape index (κ3) is 5.62. The number of ether oxygens (including phenoxy) is 2. The van der Waals surface area contributed by atoms with Crippen LogP contribution >= 0.6 is 11.6 Å². The molecule has 2 rings (SSSR count). The first kappa shape index (κ1) is 20.6. The van der Waals surface area contributed by atoms with Crippen LogP contribution in [0.4, 0.5) is 0 Å². The van der Waals surface area contributed by atoms with Gasteiger partial charge in [0.05, 0.1) is 19.3 Å². The summed E-state index contributed by atoms with van der Waals surface area (Å²) in [4.78, 5) is 23.6. The number of carbonyl (C=O) groups excluding carboxylic acids is 1. The van der Waals surface area contributed by atoms with Gasteiger partial charge in [0.2, 0.25) is 0 Å². The van der Waals surface area contributed by atoms with Gasteiger partial charge in [-0.15, -0.1) is 0 Å². The van der Waals surface area contributed by atoms with Crippen LogP contribution in [0.15, 0.2) is 36.4 Å². The van der Waals surface area contributed by atoms with Gasteiger partial charge in [0, 0.05) is 11.6 Å². The molecule has 0 aliphatic carbocycles. The number of benzene rings is 2. The molecule has 0 atom stereocenters. The number of rotatable bonds is 9. The van der Waals surface area contributed by atoms with Crippen LogP contribution < -0.4 is 14.8 Å². The fourth-order valence-electron chi connectivity index (χ4n) is 2.50. The van der Waals surface area contributed by atoms with Crippen LogP contribution in [0.1, 0.15) is 39.6 Å². The molecule has 2 aromatic rings. The summed E-state index contributed by atoms with van der Waals surface area (Å²) in [6.45, 7) is 2.87. The lowest BCUT2D eigenvalue weighted by Gasteiger charge is -2.12. The zero-order chi connectivity index (χ0) is 19.8. The van der Waals surface area contributed by atoms with Crippen molar-refractivity contribution in [2.24, 2.45) is 0 Å². The Bertz CT molecular complexity index is 822. The zero-order valence-electron chi connectivity index (χ0n) is 15.3. The third-order valence-electron chi connectivity index (χ3n) is 3.84. The summed E-state index contributed by atoms with van der Waals surface area (Å²) in [5.74, 6) is -0.548. The maximum atomic E-state index is 12.5. The lowest BCUT2D eigenvalue weighted by atomic mass is 10.1. The van der Waals surface area contributed by atoms with E-state index in [-0.39, 0.29) is 17.2 Å². The molecule has 0 saturated carbocycles. The van der Waals surface area contributed by atoms with E-state index in [2.05, 4.69) is 5.32 Å². The van der Waals surface area contributed by atoms with Crippen molar-refractivity contribution in [1.29, 1.82) is 0 Å². The predicted octanol–water partition coefficient (Wildman–Crippen LogP) is 3.81. The highest BCUT2D eigenvalue weighted by molar-refractivity contribution is 6.31. The predicted molar refractivity (Wildman–Crippen MR) is 103 cm³/mol. The van der Waals surface area contributed by atoms with E-state index in [9.17, 15) is 9.59 Å². The molecule has 0 radical (unpaired) electrons. The normalized spacial score (nSPS) is 10.3. The van der Waals surface area contributed by atoms with Crippen molar-refractivity contribution in [3.05, 3.63) is 58.1 Å². The Morgan fingerprint density at radius 1 is 1.11 bits per heavy atom.